The number of nitrogens with one attached hydrogen (secondary N) is 1. The molecule has 3 aromatic rings. The van der Waals surface area contributed by atoms with E-state index in [0.29, 0.717) is 42.3 Å². The third-order valence-corrected chi connectivity index (χ3v) is 6.94. The quantitative estimate of drug-likeness (QED) is 0.354. The maximum absolute atomic E-state index is 12.9. The highest BCUT2D eigenvalue weighted by Crippen LogP contribution is 2.28. The zero-order valence-corrected chi connectivity index (χ0v) is 23.4. The second-order valence-corrected chi connectivity index (χ2v) is 10.4. The van der Waals surface area contributed by atoms with Gasteiger partial charge in [-0.05, 0) is 57.4 Å². The van der Waals surface area contributed by atoms with Gasteiger partial charge in [0.2, 0.25) is 0 Å². The van der Waals surface area contributed by atoms with E-state index in [0.717, 1.165) is 22.6 Å². The number of halogens is 1. The lowest BCUT2D eigenvalue weighted by atomic mass is 10.0. The molecule has 39 heavy (non-hydrogen) atoms. The fraction of sp³-hybridized carbons (Fsp3) is 0.414. The highest BCUT2D eigenvalue weighted by atomic mass is 35.5. The van der Waals surface area contributed by atoms with Crippen LogP contribution in [0.25, 0.3) is 11.3 Å². The maximum atomic E-state index is 12.9. The number of hydrogen-bond acceptors (Lipinski definition) is 6. The first-order chi connectivity index (χ1) is 18.7. The smallest absolute Gasteiger partial charge is 0.410 e. The summed E-state index contributed by atoms with van der Waals surface area (Å²) in [5.74, 6) is 1.05. The van der Waals surface area contributed by atoms with Gasteiger partial charge in [-0.1, -0.05) is 35.9 Å². The molecular formula is C29H35ClN4O5. The first-order valence-corrected chi connectivity index (χ1v) is 13.5. The molecule has 0 radical (unpaired) electrons. The van der Waals surface area contributed by atoms with Gasteiger partial charge in [-0.15, -0.1) is 0 Å². The summed E-state index contributed by atoms with van der Waals surface area (Å²) in [5.41, 5.74) is 3.19. The Hall–Kier alpha value is -3.56. The normalized spacial score (nSPS) is 14.8. The lowest BCUT2D eigenvalue weighted by Gasteiger charge is -2.20. The highest BCUT2D eigenvalue weighted by molar-refractivity contribution is 6.32. The molecule has 10 heteroatoms. The van der Waals surface area contributed by atoms with Crippen LogP contribution in [-0.4, -0.2) is 63.5 Å². The van der Waals surface area contributed by atoms with E-state index in [4.69, 9.17) is 26.1 Å². The second kappa shape index (κ2) is 12.5. The lowest BCUT2D eigenvalue weighted by molar-refractivity contribution is 0.0930. The van der Waals surface area contributed by atoms with E-state index in [9.17, 15) is 14.7 Å². The number of imidazole rings is 1. The van der Waals surface area contributed by atoms with Gasteiger partial charge in [0.25, 0.3) is 5.91 Å². The SMILES string of the molecule is CC(C)Oc1ccc(C(=O)NC(CCO)Cc2ccc(-c3cn(C)c(C(C)N4CCOC4=O)n3)cc2)cc1Cl. The Morgan fingerprint density at radius 1 is 1.21 bits per heavy atom. The molecule has 1 aliphatic rings. The molecule has 0 spiro atoms. The van der Waals surface area contributed by atoms with Crippen LogP contribution in [0.15, 0.2) is 48.7 Å². The molecule has 1 fully saturated rings. The predicted molar refractivity (Wildman–Crippen MR) is 149 cm³/mol. The van der Waals surface area contributed by atoms with Crippen molar-refractivity contribution in [1.82, 2.24) is 19.8 Å². The van der Waals surface area contributed by atoms with Crippen molar-refractivity contribution in [2.75, 3.05) is 19.8 Å². The Labute approximate surface area is 233 Å². The van der Waals surface area contributed by atoms with Gasteiger partial charge in [-0.25, -0.2) is 9.78 Å². The molecule has 2 unspecified atom stereocenters. The standard InChI is InChI=1S/C29H35ClN4O5/c1-18(2)39-26-10-9-22(16-24(26)30)28(36)31-23(11-13-35)15-20-5-7-21(8-6-20)25-17-33(4)27(32-25)19(3)34-12-14-38-29(34)37/h5-10,16-19,23,35H,11-15H2,1-4H3,(H,31,36). The van der Waals surface area contributed by atoms with Gasteiger partial charge >= 0.3 is 6.09 Å². The minimum absolute atomic E-state index is 0.0264. The fourth-order valence-corrected chi connectivity index (χ4v) is 4.87. The monoisotopic (exact) mass is 554 g/mol. The Balaban J connectivity index is 1.42. The van der Waals surface area contributed by atoms with E-state index in [-0.39, 0.29) is 36.8 Å². The predicted octanol–water partition coefficient (Wildman–Crippen LogP) is 4.76. The minimum atomic E-state index is -0.318. The van der Waals surface area contributed by atoms with Crippen molar-refractivity contribution >= 4 is 23.6 Å². The van der Waals surface area contributed by atoms with Crippen LogP contribution in [0, 0.1) is 0 Å². The lowest BCUT2D eigenvalue weighted by Crippen LogP contribution is -2.37. The first-order valence-electron chi connectivity index (χ1n) is 13.1. The average molecular weight is 555 g/mol. The van der Waals surface area contributed by atoms with E-state index in [1.165, 1.54) is 0 Å². The number of hydrogen-bond donors (Lipinski definition) is 2. The van der Waals surface area contributed by atoms with Crippen LogP contribution in [0.1, 0.15) is 55.0 Å². The largest absolute Gasteiger partial charge is 0.489 e. The van der Waals surface area contributed by atoms with Gasteiger partial charge in [0.1, 0.15) is 18.2 Å². The van der Waals surface area contributed by atoms with Gasteiger partial charge in [0, 0.05) is 37.0 Å². The molecule has 1 aliphatic heterocycles. The molecule has 1 aromatic heterocycles. The van der Waals surface area contributed by atoms with Gasteiger partial charge in [-0.3, -0.25) is 9.69 Å². The van der Waals surface area contributed by atoms with E-state index >= 15 is 0 Å². The number of aliphatic hydroxyl groups is 1. The van der Waals surface area contributed by atoms with E-state index in [2.05, 4.69) is 5.32 Å². The number of aryl methyl sites for hydroxylation is 1. The summed E-state index contributed by atoms with van der Waals surface area (Å²) in [4.78, 5) is 31.3. The summed E-state index contributed by atoms with van der Waals surface area (Å²) in [6.45, 7) is 6.65. The number of aromatic nitrogens is 2. The highest BCUT2D eigenvalue weighted by Gasteiger charge is 2.30. The summed E-state index contributed by atoms with van der Waals surface area (Å²) in [6, 6.07) is 12.5. The topological polar surface area (TPSA) is 106 Å². The first kappa shape index (κ1) is 28.4. The van der Waals surface area contributed by atoms with Gasteiger partial charge in [0.05, 0.1) is 29.4 Å². The Morgan fingerprint density at radius 3 is 2.56 bits per heavy atom. The zero-order valence-electron chi connectivity index (χ0n) is 22.7. The van der Waals surface area contributed by atoms with Crippen LogP contribution in [0.5, 0.6) is 5.75 Å². The van der Waals surface area contributed by atoms with Crippen LogP contribution >= 0.6 is 11.6 Å². The molecule has 208 valence electrons. The number of benzene rings is 2. The van der Waals surface area contributed by atoms with Gasteiger partial charge in [0.15, 0.2) is 0 Å². The summed E-state index contributed by atoms with van der Waals surface area (Å²) in [5, 5.41) is 13.0. The molecule has 9 nitrogen and oxygen atoms in total. The van der Waals surface area contributed by atoms with Gasteiger partial charge in [-0.2, -0.15) is 0 Å². The molecule has 4 rings (SSSR count). The van der Waals surface area contributed by atoms with Crippen molar-refractivity contribution in [2.24, 2.45) is 7.05 Å². The van der Waals surface area contributed by atoms with Crippen molar-refractivity contribution in [3.05, 3.63) is 70.6 Å². The second-order valence-electron chi connectivity index (χ2n) is 9.97. The Bertz CT molecular complexity index is 1310. The third kappa shape index (κ3) is 6.91. The number of carbonyl (C=O) groups excluding carboxylic acids is 2. The van der Waals surface area contributed by atoms with Crippen LogP contribution in [0.4, 0.5) is 4.79 Å². The number of nitrogens with zero attached hydrogens (tertiary/aromatic N) is 3. The molecule has 0 saturated carbocycles. The van der Waals surface area contributed by atoms with E-state index in [1.807, 2.05) is 62.8 Å². The Morgan fingerprint density at radius 2 is 1.95 bits per heavy atom. The van der Waals surface area contributed by atoms with Gasteiger partial charge < -0.3 is 24.5 Å². The number of aliphatic hydroxyl groups excluding tert-OH is 1. The van der Waals surface area contributed by atoms with E-state index < -0.39 is 0 Å². The van der Waals surface area contributed by atoms with Crippen molar-refractivity contribution < 1.29 is 24.2 Å². The maximum Gasteiger partial charge on any atom is 0.410 e. The summed E-state index contributed by atoms with van der Waals surface area (Å²) in [7, 11) is 1.92. The van der Waals surface area contributed by atoms with E-state index in [1.54, 1.807) is 23.1 Å². The minimum Gasteiger partial charge on any atom is -0.489 e. The van der Waals surface area contributed by atoms with Crippen LogP contribution < -0.4 is 10.1 Å². The van der Waals surface area contributed by atoms with Crippen LogP contribution in [0.2, 0.25) is 5.02 Å². The molecule has 0 bridgehead atoms. The number of ether oxygens (including phenoxy) is 2. The number of amides is 2. The third-order valence-electron chi connectivity index (χ3n) is 6.65. The summed E-state index contributed by atoms with van der Waals surface area (Å²) < 4.78 is 12.6. The molecule has 2 heterocycles. The fourth-order valence-electron chi connectivity index (χ4n) is 4.64. The molecular weight excluding hydrogens is 520 g/mol. The molecule has 1 saturated heterocycles. The Kier molecular flexibility index (Phi) is 9.14. The summed E-state index contributed by atoms with van der Waals surface area (Å²) >= 11 is 6.30. The molecule has 2 atom stereocenters. The number of cyclic esters (lactones) is 1. The zero-order chi connectivity index (χ0) is 28.1. The van der Waals surface area contributed by atoms with Crippen LogP contribution in [0.3, 0.4) is 0 Å². The van der Waals surface area contributed by atoms with Crippen molar-refractivity contribution in [1.29, 1.82) is 0 Å². The number of carbonyl (C=O) groups is 2. The molecule has 0 aliphatic carbocycles. The molecule has 2 amide bonds. The van der Waals surface area contributed by atoms with Crippen molar-refractivity contribution in [2.45, 2.75) is 51.8 Å². The number of rotatable bonds is 11. The van der Waals surface area contributed by atoms with Crippen molar-refractivity contribution in [3.8, 4) is 17.0 Å². The van der Waals surface area contributed by atoms with Crippen LogP contribution in [-0.2, 0) is 18.2 Å². The summed E-state index contributed by atoms with van der Waals surface area (Å²) in [6.07, 6.45) is 2.56. The van der Waals surface area contributed by atoms with Crippen molar-refractivity contribution in [3.63, 3.8) is 0 Å². The molecule has 2 N–H and O–H groups in total. The molecule has 2 aromatic carbocycles. The average Bonchev–Trinajstić information content (AvgIpc) is 3.50.